The van der Waals surface area contributed by atoms with Crippen molar-refractivity contribution in [3.63, 3.8) is 0 Å². The van der Waals surface area contributed by atoms with Gasteiger partial charge in [0, 0.05) is 30.1 Å². The average Bonchev–Trinajstić information content (AvgIpc) is 2.77. The molecule has 0 saturated carbocycles. The minimum atomic E-state index is -4.90. The van der Waals surface area contributed by atoms with Crippen molar-refractivity contribution >= 4 is 40.9 Å². The van der Waals surface area contributed by atoms with E-state index in [0.29, 0.717) is 16.9 Å². The van der Waals surface area contributed by atoms with Gasteiger partial charge in [0.1, 0.15) is 5.75 Å². The van der Waals surface area contributed by atoms with Gasteiger partial charge in [-0.1, -0.05) is 47.5 Å². The maximum absolute atomic E-state index is 12.8. The molecule has 1 heterocycles. The summed E-state index contributed by atoms with van der Waals surface area (Å²) in [5.41, 5.74) is 1.48. The lowest BCUT2D eigenvalue weighted by Crippen LogP contribution is -2.37. The van der Waals surface area contributed by atoms with E-state index in [0.717, 1.165) is 6.07 Å². The molecule has 1 aromatic heterocycles. The molecule has 0 atom stereocenters. The van der Waals surface area contributed by atoms with Gasteiger partial charge in [0.25, 0.3) is 0 Å². The fourth-order valence-electron chi connectivity index (χ4n) is 3.14. The Morgan fingerprint density at radius 2 is 1.77 bits per heavy atom. The number of benzene rings is 2. The van der Waals surface area contributed by atoms with Crippen LogP contribution in [0.15, 0.2) is 54.7 Å². The second kappa shape index (κ2) is 10.8. The zero-order valence-corrected chi connectivity index (χ0v) is 19.6. The number of carbonyl (C=O) groups excluding carboxylic acids is 1. The van der Waals surface area contributed by atoms with Crippen LogP contribution in [0.2, 0.25) is 10.0 Å². The molecular formula is C23H18Cl2F3N3O4. The van der Waals surface area contributed by atoms with Crippen molar-refractivity contribution in [2.24, 2.45) is 0 Å². The molecule has 2 aromatic carbocycles. The number of hydrogen-bond acceptors (Lipinski definition) is 4. The Labute approximate surface area is 208 Å². The van der Waals surface area contributed by atoms with E-state index < -0.39 is 24.1 Å². The number of aliphatic carboxylic acids is 1. The highest BCUT2D eigenvalue weighted by molar-refractivity contribution is 6.40. The number of nitrogens with zero attached hydrogens (tertiary/aromatic N) is 2. The van der Waals surface area contributed by atoms with Gasteiger partial charge in [-0.2, -0.15) is 0 Å². The highest BCUT2D eigenvalue weighted by Gasteiger charge is 2.32. The highest BCUT2D eigenvalue weighted by atomic mass is 35.5. The molecule has 0 bridgehead atoms. The molecule has 0 aliphatic heterocycles. The topological polar surface area (TPSA) is 91.8 Å². The average molecular weight is 528 g/mol. The molecule has 3 aromatic rings. The molecule has 0 aliphatic rings. The lowest BCUT2D eigenvalue weighted by atomic mass is 10.0. The third kappa shape index (κ3) is 7.00. The van der Waals surface area contributed by atoms with Crippen molar-refractivity contribution in [3.8, 4) is 16.9 Å². The lowest BCUT2D eigenvalue weighted by Gasteiger charge is -2.21. The molecule has 2 amide bonds. The zero-order valence-electron chi connectivity index (χ0n) is 18.1. The van der Waals surface area contributed by atoms with Crippen molar-refractivity contribution in [2.45, 2.75) is 19.3 Å². The molecule has 0 unspecified atom stereocenters. The van der Waals surface area contributed by atoms with E-state index in [1.165, 1.54) is 48.5 Å². The molecular weight excluding hydrogens is 510 g/mol. The molecule has 0 spiro atoms. The number of para-hydroxylation sites is 1. The fraction of sp³-hybridized carbons (Fsp3) is 0.174. The first kappa shape index (κ1) is 26.1. The number of alkyl halides is 3. The highest BCUT2D eigenvalue weighted by Crippen LogP contribution is 2.43. The summed E-state index contributed by atoms with van der Waals surface area (Å²) in [6.07, 6.45) is -3.65. The van der Waals surface area contributed by atoms with Crippen LogP contribution in [-0.4, -0.2) is 35.5 Å². The van der Waals surface area contributed by atoms with Gasteiger partial charge in [0.15, 0.2) is 0 Å². The third-order valence-corrected chi connectivity index (χ3v) is 5.36. The summed E-state index contributed by atoms with van der Waals surface area (Å²) in [7, 11) is 1.46. The summed E-state index contributed by atoms with van der Waals surface area (Å²) >= 11 is 12.7. The molecule has 0 aliphatic carbocycles. The van der Waals surface area contributed by atoms with Crippen molar-refractivity contribution in [2.75, 3.05) is 11.9 Å². The fourth-order valence-corrected chi connectivity index (χ4v) is 3.82. The Morgan fingerprint density at radius 3 is 2.34 bits per heavy atom. The Hall–Kier alpha value is -3.50. The number of rotatable bonds is 7. The van der Waals surface area contributed by atoms with Gasteiger partial charge in [-0.05, 0) is 29.8 Å². The van der Waals surface area contributed by atoms with Crippen LogP contribution in [0.25, 0.3) is 11.1 Å². The monoisotopic (exact) mass is 527 g/mol. The number of pyridine rings is 1. The summed E-state index contributed by atoms with van der Waals surface area (Å²) in [4.78, 5) is 28.7. The summed E-state index contributed by atoms with van der Waals surface area (Å²) < 4.78 is 42.5. The number of halogens is 5. The van der Waals surface area contributed by atoms with Crippen LogP contribution >= 0.6 is 23.2 Å². The summed E-state index contributed by atoms with van der Waals surface area (Å²) in [5, 5.41) is 11.5. The first-order valence-electron chi connectivity index (χ1n) is 9.96. The van der Waals surface area contributed by atoms with Crippen molar-refractivity contribution < 1.29 is 32.6 Å². The predicted octanol–water partition coefficient (Wildman–Crippen LogP) is 5.93. The minimum Gasteiger partial charge on any atom is -0.481 e. The van der Waals surface area contributed by atoms with Crippen LogP contribution in [0.1, 0.15) is 11.3 Å². The predicted molar refractivity (Wildman–Crippen MR) is 125 cm³/mol. The van der Waals surface area contributed by atoms with Gasteiger partial charge < -0.3 is 15.2 Å². The molecule has 0 radical (unpaired) electrons. The van der Waals surface area contributed by atoms with Crippen LogP contribution in [0.4, 0.5) is 23.7 Å². The standard InChI is InChI=1S/C23H18Cl2F3N3O4/c1-31(22(34)30-12-14-7-6-13(11-29-14)8-20(32)33)15-9-17(24)21(18(25)10-15)16-4-2-3-5-19(16)35-23(26,27)28/h2-7,9-11H,8,12H2,1H3,(H,30,34)(H,32,33). The van der Waals surface area contributed by atoms with E-state index in [1.807, 2.05) is 0 Å². The van der Waals surface area contributed by atoms with Crippen LogP contribution in [-0.2, 0) is 17.8 Å². The second-order valence-corrected chi connectivity index (χ2v) is 8.09. The number of ether oxygens (including phenoxy) is 1. The molecule has 7 nitrogen and oxygen atoms in total. The largest absolute Gasteiger partial charge is 0.573 e. The van der Waals surface area contributed by atoms with Gasteiger partial charge in [0.2, 0.25) is 0 Å². The maximum Gasteiger partial charge on any atom is 0.573 e. The van der Waals surface area contributed by atoms with Gasteiger partial charge >= 0.3 is 18.4 Å². The lowest BCUT2D eigenvalue weighted by molar-refractivity contribution is -0.274. The van der Waals surface area contributed by atoms with Gasteiger partial charge in [-0.3, -0.25) is 14.7 Å². The number of amides is 2. The maximum atomic E-state index is 12.8. The number of carboxylic acids is 1. The second-order valence-electron chi connectivity index (χ2n) is 7.27. The van der Waals surface area contributed by atoms with Gasteiger partial charge in [-0.25, -0.2) is 4.79 Å². The van der Waals surface area contributed by atoms with E-state index in [-0.39, 0.29) is 34.1 Å². The van der Waals surface area contributed by atoms with Crippen molar-refractivity contribution in [1.82, 2.24) is 10.3 Å². The Balaban J connectivity index is 1.76. The molecule has 184 valence electrons. The Morgan fingerprint density at radius 1 is 1.11 bits per heavy atom. The van der Waals surface area contributed by atoms with E-state index in [9.17, 15) is 22.8 Å². The number of hydrogen-bond donors (Lipinski definition) is 2. The number of carboxylic acid groups (broad SMARTS) is 1. The molecule has 2 N–H and O–H groups in total. The van der Waals surface area contributed by atoms with E-state index >= 15 is 0 Å². The van der Waals surface area contributed by atoms with Crippen molar-refractivity contribution in [3.05, 3.63) is 76.0 Å². The molecule has 0 saturated heterocycles. The van der Waals surface area contributed by atoms with Crippen LogP contribution in [0.3, 0.4) is 0 Å². The SMILES string of the molecule is CN(C(=O)NCc1ccc(CC(=O)O)cn1)c1cc(Cl)c(-c2ccccc2OC(F)(F)F)c(Cl)c1. The molecule has 35 heavy (non-hydrogen) atoms. The first-order chi connectivity index (χ1) is 16.4. The third-order valence-electron chi connectivity index (χ3n) is 4.76. The van der Waals surface area contributed by atoms with Crippen LogP contribution < -0.4 is 15.0 Å². The Bertz CT molecular complexity index is 1210. The normalized spacial score (nSPS) is 11.1. The Kier molecular flexibility index (Phi) is 8.08. The van der Waals surface area contributed by atoms with Crippen LogP contribution in [0.5, 0.6) is 5.75 Å². The number of anilines is 1. The summed E-state index contributed by atoms with van der Waals surface area (Å²) in [6.45, 7) is 0.0677. The smallest absolute Gasteiger partial charge is 0.481 e. The van der Waals surface area contributed by atoms with Gasteiger partial charge in [-0.15, -0.1) is 13.2 Å². The summed E-state index contributed by atoms with van der Waals surface area (Å²) in [6, 6.07) is 10.9. The van der Waals surface area contributed by atoms with Crippen LogP contribution in [0, 0.1) is 0 Å². The first-order valence-corrected chi connectivity index (χ1v) is 10.7. The molecule has 3 rings (SSSR count). The number of aromatic nitrogens is 1. The van der Waals surface area contributed by atoms with E-state index in [1.54, 1.807) is 12.1 Å². The van der Waals surface area contributed by atoms with Gasteiger partial charge in [0.05, 0.1) is 28.7 Å². The van der Waals surface area contributed by atoms with E-state index in [4.69, 9.17) is 28.3 Å². The summed E-state index contributed by atoms with van der Waals surface area (Å²) in [5.74, 6) is -1.45. The minimum absolute atomic E-state index is 0.0149. The molecule has 12 heteroatoms. The molecule has 0 fully saturated rings. The number of urea groups is 1. The number of carbonyl (C=O) groups is 2. The quantitative estimate of drug-likeness (QED) is 0.397. The van der Waals surface area contributed by atoms with Crippen molar-refractivity contribution in [1.29, 1.82) is 0 Å². The number of nitrogens with one attached hydrogen (secondary N) is 1. The van der Waals surface area contributed by atoms with E-state index in [2.05, 4.69) is 15.0 Å². The zero-order chi connectivity index (χ0) is 25.8.